The molecule has 8 atom stereocenters. The molecule has 1 saturated carbocycles. The van der Waals surface area contributed by atoms with Crippen LogP contribution >= 0.6 is 31.9 Å². The van der Waals surface area contributed by atoms with Crippen LogP contribution in [0.15, 0.2) is 12.2 Å². The zero-order chi connectivity index (χ0) is 13.4. The molecule has 0 radical (unpaired) electrons. The van der Waals surface area contributed by atoms with Crippen molar-refractivity contribution < 1.29 is 9.47 Å². The Labute approximate surface area is 130 Å². The van der Waals surface area contributed by atoms with E-state index in [4.69, 9.17) is 15.9 Å². The van der Waals surface area contributed by atoms with E-state index in [1.165, 1.54) is 0 Å². The maximum Gasteiger partial charge on any atom is 0.144 e. The Morgan fingerprint density at radius 1 is 1.42 bits per heavy atom. The number of halogens is 2. The number of terminal acetylenes is 1. The first kappa shape index (κ1) is 12.9. The zero-order valence-electron chi connectivity index (χ0n) is 10.7. The van der Waals surface area contributed by atoms with E-state index in [1.807, 2.05) is 6.08 Å². The molecule has 0 aromatic rings. The molecule has 4 aliphatic rings. The molecule has 2 nitrogen and oxygen atoms in total. The van der Waals surface area contributed by atoms with Crippen LogP contribution in [0.3, 0.4) is 0 Å². The lowest BCUT2D eigenvalue weighted by Gasteiger charge is -2.40. The van der Waals surface area contributed by atoms with Crippen molar-refractivity contribution in [2.45, 2.75) is 46.9 Å². The van der Waals surface area contributed by atoms with Gasteiger partial charge in [-0.1, -0.05) is 50.8 Å². The van der Waals surface area contributed by atoms with Gasteiger partial charge in [-0.3, -0.25) is 0 Å². The van der Waals surface area contributed by atoms with E-state index in [-0.39, 0.29) is 21.0 Å². The van der Waals surface area contributed by atoms with Crippen LogP contribution < -0.4 is 0 Å². The van der Waals surface area contributed by atoms with Crippen molar-refractivity contribution in [1.82, 2.24) is 0 Å². The van der Waals surface area contributed by atoms with E-state index < -0.39 is 0 Å². The highest BCUT2D eigenvalue weighted by atomic mass is 79.9. The van der Waals surface area contributed by atoms with Crippen LogP contribution in [0, 0.1) is 30.1 Å². The predicted molar refractivity (Wildman–Crippen MR) is 80.2 cm³/mol. The highest BCUT2D eigenvalue weighted by molar-refractivity contribution is 9.13. The summed E-state index contributed by atoms with van der Waals surface area (Å²) in [5.41, 5.74) is 0. The smallest absolute Gasteiger partial charge is 0.144 e. The second-order valence-electron chi connectivity index (χ2n) is 6.05. The highest BCUT2D eigenvalue weighted by Gasteiger charge is 2.80. The molecular formula is C15H16Br2O2. The fourth-order valence-corrected chi connectivity index (χ4v) is 7.04. The van der Waals surface area contributed by atoms with Gasteiger partial charge in [0, 0.05) is 24.2 Å². The van der Waals surface area contributed by atoms with Gasteiger partial charge < -0.3 is 9.47 Å². The van der Waals surface area contributed by atoms with Crippen LogP contribution in [0.25, 0.3) is 0 Å². The summed E-state index contributed by atoms with van der Waals surface area (Å²) in [4.78, 5) is 0. The molecule has 3 saturated heterocycles. The van der Waals surface area contributed by atoms with Crippen LogP contribution in [0.5, 0.6) is 0 Å². The molecule has 0 spiro atoms. The largest absolute Gasteiger partial charge is 0.371 e. The van der Waals surface area contributed by atoms with Gasteiger partial charge in [-0.05, 0) is 12.5 Å². The molecule has 4 fully saturated rings. The van der Waals surface area contributed by atoms with E-state index in [1.54, 1.807) is 0 Å². The zero-order valence-corrected chi connectivity index (χ0v) is 13.9. The maximum atomic E-state index is 6.39. The molecule has 0 amide bonds. The minimum absolute atomic E-state index is 0.0991. The fourth-order valence-electron chi connectivity index (χ4n) is 4.87. The lowest BCUT2D eigenvalue weighted by Crippen LogP contribution is -2.47. The maximum absolute atomic E-state index is 6.39. The minimum Gasteiger partial charge on any atom is -0.371 e. The van der Waals surface area contributed by atoms with Crippen LogP contribution in [-0.2, 0) is 9.47 Å². The van der Waals surface area contributed by atoms with Crippen LogP contribution in [0.4, 0.5) is 0 Å². The van der Waals surface area contributed by atoms with E-state index in [2.05, 4.69) is 50.8 Å². The average molecular weight is 388 g/mol. The number of fused-ring (bicyclic) bond motifs is 2. The first-order chi connectivity index (χ1) is 9.06. The van der Waals surface area contributed by atoms with Crippen LogP contribution in [0.2, 0.25) is 0 Å². The molecular weight excluding hydrogens is 372 g/mol. The second-order valence-corrected chi connectivity index (χ2v) is 8.64. The third-order valence-corrected chi connectivity index (χ3v) is 9.17. The number of hydrogen-bond acceptors (Lipinski definition) is 2. The predicted octanol–water partition coefficient (Wildman–Crippen LogP) is 3.24. The van der Waals surface area contributed by atoms with Crippen molar-refractivity contribution in [2.24, 2.45) is 17.8 Å². The molecule has 2 bridgehead atoms. The molecule has 0 N–H and O–H groups in total. The quantitative estimate of drug-likeness (QED) is 0.534. The van der Waals surface area contributed by atoms with Crippen LogP contribution in [-0.4, -0.2) is 27.1 Å². The Kier molecular flexibility index (Phi) is 2.63. The van der Waals surface area contributed by atoms with E-state index in [0.29, 0.717) is 23.9 Å². The first-order valence-electron chi connectivity index (χ1n) is 6.90. The summed E-state index contributed by atoms with van der Waals surface area (Å²) < 4.78 is 12.1. The summed E-state index contributed by atoms with van der Waals surface area (Å²) in [7, 11) is 0. The monoisotopic (exact) mass is 386 g/mol. The molecule has 19 heavy (non-hydrogen) atoms. The van der Waals surface area contributed by atoms with E-state index in [0.717, 1.165) is 12.8 Å². The average Bonchev–Trinajstić information content (AvgIpc) is 3.03. The summed E-state index contributed by atoms with van der Waals surface area (Å²) in [5, 5.41) is 0. The van der Waals surface area contributed by atoms with Crippen molar-refractivity contribution in [3.8, 4) is 12.3 Å². The molecule has 1 aliphatic carbocycles. The molecule has 0 aromatic heterocycles. The molecule has 3 aliphatic heterocycles. The van der Waals surface area contributed by atoms with Crippen molar-refractivity contribution in [2.75, 3.05) is 0 Å². The van der Waals surface area contributed by atoms with Gasteiger partial charge in [0.2, 0.25) is 0 Å². The second kappa shape index (κ2) is 3.88. The molecule has 4 rings (SSSR count). The Balaban J connectivity index is 1.85. The molecule has 0 aromatic carbocycles. The molecule has 3 heterocycles. The van der Waals surface area contributed by atoms with Crippen molar-refractivity contribution in [1.29, 1.82) is 0 Å². The van der Waals surface area contributed by atoms with Gasteiger partial charge >= 0.3 is 0 Å². The molecule has 4 heteroatoms. The van der Waals surface area contributed by atoms with Crippen molar-refractivity contribution >= 4 is 31.9 Å². The summed E-state index contributed by atoms with van der Waals surface area (Å²) in [6.45, 7) is 2.21. The van der Waals surface area contributed by atoms with Crippen molar-refractivity contribution in [3.63, 3.8) is 0 Å². The number of rotatable bonds is 2. The Morgan fingerprint density at radius 3 is 2.89 bits per heavy atom. The Morgan fingerprint density at radius 2 is 2.21 bits per heavy atom. The van der Waals surface area contributed by atoms with Crippen LogP contribution in [0.1, 0.15) is 19.8 Å². The van der Waals surface area contributed by atoms with Gasteiger partial charge in [-0.25, -0.2) is 0 Å². The van der Waals surface area contributed by atoms with Gasteiger partial charge in [0.15, 0.2) is 0 Å². The minimum atomic E-state index is -0.316. The standard InChI is InChI=1S/C15H16Br2O2/c1-3-5-6-8-11-9-7-10-13(18-9)12(11)15(17,19-10)14(8,16)4-2/h1,5-6,8-13H,4,7H2,2H3/b6-5-/t8-,9?,10?,11?,12?,13?,14+,15+/m0/s1. The number of allylic oxidation sites excluding steroid dienone is 2. The van der Waals surface area contributed by atoms with Gasteiger partial charge in [-0.2, -0.15) is 0 Å². The summed E-state index contributed by atoms with van der Waals surface area (Å²) in [5.74, 6) is 3.92. The van der Waals surface area contributed by atoms with E-state index >= 15 is 0 Å². The summed E-state index contributed by atoms with van der Waals surface area (Å²) in [6, 6.07) is 0. The molecule has 102 valence electrons. The highest BCUT2D eigenvalue weighted by Crippen LogP contribution is 2.73. The van der Waals surface area contributed by atoms with Gasteiger partial charge in [-0.15, -0.1) is 6.42 Å². The topological polar surface area (TPSA) is 18.5 Å². The first-order valence-corrected chi connectivity index (χ1v) is 8.49. The summed E-state index contributed by atoms with van der Waals surface area (Å²) >= 11 is 7.95. The fraction of sp³-hybridized carbons (Fsp3) is 0.733. The summed E-state index contributed by atoms with van der Waals surface area (Å²) in [6.07, 6.45) is 12.3. The lowest BCUT2D eigenvalue weighted by atomic mass is 9.77. The number of ether oxygens (including phenoxy) is 2. The lowest BCUT2D eigenvalue weighted by molar-refractivity contribution is 0.000337. The van der Waals surface area contributed by atoms with Gasteiger partial charge in [0.05, 0.1) is 22.6 Å². The number of alkyl halides is 2. The third kappa shape index (κ3) is 1.27. The van der Waals surface area contributed by atoms with E-state index in [9.17, 15) is 0 Å². The van der Waals surface area contributed by atoms with Gasteiger partial charge in [0.25, 0.3) is 0 Å². The SMILES string of the molecule is C#C/C=C\[C@H]1C2C3CC4O[C@](Br)(C2C4O3)[C@@]1(Br)CC. The molecule has 5 unspecified atom stereocenters. The van der Waals surface area contributed by atoms with Crippen molar-refractivity contribution in [3.05, 3.63) is 12.2 Å². The normalized spacial score (nSPS) is 61.2. The van der Waals surface area contributed by atoms with Gasteiger partial charge in [0.1, 0.15) is 4.51 Å². The Bertz CT molecular complexity index is 497. The Hall–Kier alpha value is 0.180. The third-order valence-electron chi connectivity index (χ3n) is 5.54. The number of hydrogen-bond donors (Lipinski definition) is 0.